The summed E-state index contributed by atoms with van der Waals surface area (Å²) in [5, 5.41) is 6.75. The Kier molecular flexibility index (Phi) is 3.97. The van der Waals surface area contributed by atoms with Gasteiger partial charge in [0.15, 0.2) is 0 Å². The molecule has 138 valence electrons. The number of hydrogen-bond donors (Lipinski definition) is 3. The molecule has 0 radical (unpaired) electrons. The van der Waals surface area contributed by atoms with Gasteiger partial charge in [-0.15, -0.1) is 0 Å². The van der Waals surface area contributed by atoms with Crippen molar-refractivity contribution in [3.05, 3.63) is 66.0 Å². The van der Waals surface area contributed by atoms with E-state index in [9.17, 15) is 4.79 Å². The zero-order valence-electron chi connectivity index (χ0n) is 15.2. The predicted molar refractivity (Wildman–Crippen MR) is 105 cm³/mol. The monoisotopic (exact) mass is 360 g/mol. The molecule has 1 aliphatic heterocycles. The third-order valence-corrected chi connectivity index (χ3v) is 6.30. The molecule has 2 aromatic carbocycles. The number of amides is 1. The van der Waals surface area contributed by atoms with Gasteiger partial charge in [-0.25, -0.2) is 4.98 Å². The van der Waals surface area contributed by atoms with Crippen LogP contribution in [0, 0.1) is 11.3 Å². The number of carbonyl (C=O) groups is 1. The third-order valence-electron chi connectivity index (χ3n) is 6.30. The maximum atomic E-state index is 13.1. The molecule has 2 atom stereocenters. The summed E-state index contributed by atoms with van der Waals surface area (Å²) in [5.74, 6) is 0.345. The summed E-state index contributed by atoms with van der Waals surface area (Å²) in [6.45, 7) is 2.06. The lowest BCUT2D eigenvalue weighted by atomic mass is 9.91. The summed E-state index contributed by atoms with van der Waals surface area (Å²) >= 11 is 0. The van der Waals surface area contributed by atoms with Crippen molar-refractivity contribution < 1.29 is 4.79 Å². The maximum absolute atomic E-state index is 13.1. The van der Waals surface area contributed by atoms with Crippen LogP contribution in [0.4, 0.5) is 0 Å². The van der Waals surface area contributed by atoms with E-state index in [2.05, 4.69) is 44.9 Å². The van der Waals surface area contributed by atoms with E-state index >= 15 is 0 Å². The molecule has 5 rings (SSSR count). The first-order chi connectivity index (χ1) is 13.3. The van der Waals surface area contributed by atoms with Crippen molar-refractivity contribution in [3.63, 3.8) is 0 Å². The van der Waals surface area contributed by atoms with Gasteiger partial charge in [-0.2, -0.15) is 0 Å². The van der Waals surface area contributed by atoms with Gasteiger partial charge in [0.1, 0.15) is 0 Å². The van der Waals surface area contributed by atoms with Crippen LogP contribution in [-0.2, 0) is 4.79 Å². The summed E-state index contributed by atoms with van der Waals surface area (Å²) in [6, 6.07) is 16.2. The van der Waals surface area contributed by atoms with Gasteiger partial charge in [-0.05, 0) is 61.0 Å². The highest BCUT2D eigenvalue weighted by Gasteiger charge is 2.57. The summed E-state index contributed by atoms with van der Waals surface area (Å²) in [4.78, 5) is 20.6. The van der Waals surface area contributed by atoms with E-state index in [4.69, 9.17) is 0 Å². The molecule has 0 bridgehead atoms. The molecule has 1 amide bonds. The van der Waals surface area contributed by atoms with Crippen LogP contribution in [0.2, 0.25) is 0 Å². The number of benzene rings is 2. The molecule has 1 saturated carbocycles. The molecule has 3 aromatic rings. The second kappa shape index (κ2) is 6.50. The fourth-order valence-corrected chi connectivity index (χ4v) is 4.58. The highest BCUT2D eigenvalue weighted by Crippen LogP contribution is 2.58. The number of aromatic amines is 1. The van der Waals surface area contributed by atoms with Crippen LogP contribution >= 0.6 is 0 Å². The molecule has 2 unspecified atom stereocenters. The Morgan fingerprint density at radius 3 is 2.74 bits per heavy atom. The quantitative estimate of drug-likeness (QED) is 0.669. The van der Waals surface area contributed by atoms with E-state index in [1.54, 1.807) is 6.33 Å². The zero-order valence-corrected chi connectivity index (χ0v) is 15.2. The average Bonchev–Trinajstić information content (AvgIpc) is 3.19. The molecule has 2 fully saturated rings. The minimum Gasteiger partial charge on any atom is -0.345 e. The van der Waals surface area contributed by atoms with Crippen LogP contribution < -0.4 is 10.6 Å². The fourth-order valence-electron chi connectivity index (χ4n) is 4.58. The van der Waals surface area contributed by atoms with E-state index in [0.717, 1.165) is 54.5 Å². The minimum absolute atomic E-state index is 0.147. The van der Waals surface area contributed by atoms with E-state index in [0.29, 0.717) is 0 Å². The standard InChI is InChI=1S/C22H24N4O/c27-21(17-13-22(17)8-10-23-11-9-22)26-20(15-4-2-1-3-5-15)16-6-7-18-19(12-16)25-14-24-18/h1-7,12,14,17,20,23H,8-11,13H2,(H,24,25)(H,26,27). The van der Waals surface area contributed by atoms with Crippen molar-refractivity contribution >= 4 is 16.9 Å². The van der Waals surface area contributed by atoms with Crippen molar-refractivity contribution in [2.24, 2.45) is 11.3 Å². The molecular formula is C22H24N4O. The lowest BCUT2D eigenvalue weighted by Crippen LogP contribution is -2.35. The maximum Gasteiger partial charge on any atom is 0.224 e. The second-order valence-electron chi connectivity index (χ2n) is 7.90. The molecule has 3 N–H and O–H groups in total. The molecule has 1 aliphatic carbocycles. The minimum atomic E-state index is -0.147. The first kappa shape index (κ1) is 16.5. The van der Waals surface area contributed by atoms with Crippen LogP contribution in [-0.4, -0.2) is 29.0 Å². The number of hydrogen-bond acceptors (Lipinski definition) is 3. The van der Waals surface area contributed by atoms with Gasteiger partial charge < -0.3 is 15.6 Å². The van der Waals surface area contributed by atoms with Gasteiger partial charge in [-0.3, -0.25) is 4.79 Å². The first-order valence-electron chi connectivity index (χ1n) is 9.74. The Bertz CT molecular complexity index is 959. The van der Waals surface area contributed by atoms with Crippen molar-refractivity contribution in [3.8, 4) is 0 Å². The summed E-state index contributed by atoms with van der Waals surface area (Å²) in [6.07, 6.45) is 4.96. The van der Waals surface area contributed by atoms with Gasteiger partial charge in [0.2, 0.25) is 5.91 Å². The number of piperidine rings is 1. The molecule has 2 heterocycles. The largest absolute Gasteiger partial charge is 0.345 e. The van der Waals surface area contributed by atoms with Gasteiger partial charge in [0.05, 0.1) is 23.4 Å². The van der Waals surface area contributed by atoms with Gasteiger partial charge in [-0.1, -0.05) is 36.4 Å². The summed E-state index contributed by atoms with van der Waals surface area (Å²) < 4.78 is 0. The number of nitrogens with one attached hydrogen (secondary N) is 3. The van der Waals surface area contributed by atoms with E-state index in [1.807, 2.05) is 24.3 Å². The highest BCUT2D eigenvalue weighted by atomic mass is 16.2. The average molecular weight is 360 g/mol. The zero-order chi connectivity index (χ0) is 18.3. The van der Waals surface area contributed by atoms with Crippen LogP contribution in [0.25, 0.3) is 11.0 Å². The topological polar surface area (TPSA) is 69.8 Å². The van der Waals surface area contributed by atoms with E-state index in [-0.39, 0.29) is 23.3 Å². The Morgan fingerprint density at radius 2 is 1.93 bits per heavy atom. The van der Waals surface area contributed by atoms with Crippen LogP contribution in [0.1, 0.15) is 36.4 Å². The number of H-pyrrole nitrogens is 1. The van der Waals surface area contributed by atoms with Crippen molar-refractivity contribution in [1.82, 2.24) is 20.6 Å². The lowest BCUT2D eigenvalue weighted by Gasteiger charge is -2.25. The number of rotatable bonds is 4. The van der Waals surface area contributed by atoms with Crippen LogP contribution in [0.15, 0.2) is 54.9 Å². The van der Waals surface area contributed by atoms with Crippen molar-refractivity contribution in [1.29, 1.82) is 0 Å². The molecule has 1 aromatic heterocycles. The summed E-state index contributed by atoms with van der Waals surface area (Å²) in [5.41, 5.74) is 4.34. The number of carbonyl (C=O) groups excluding carboxylic acids is 1. The van der Waals surface area contributed by atoms with Crippen molar-refractivity contribution in [2.45, 2.75) is 25.3 Å². The molecule has 5 nitrogen and oxygen atoms in total. The normalized spacial score (nSPS) is 21.9. The third kappa shape index (κ3) is 3.02. The molecule has 1 saturated heterocycles. The van der Waals surface area contributed by atoms with Crippen LogP contribution in [0.3, 0.4) is 0 Å². The second-order valence-corrected chi connectivity index (χ2v) is 7.90. The molecule has 1 spiro atoms. The number of fused-ring (bicyclic) bond motifs is 1. The first-order valence-corrected chi connectivity index (χ1v) is 9.74. The fraction of sp³-hybridized carbons (Fsp3) is 0.364. The number of imidazole rings is 1. The van der Waals surface area contributed by atoms with Crippen molar-refractivity contribution in [2.75, 3.05) is 13.1 Å². The molecule has 27 heavy (non-hydrogen) atoms. The highest BCUT2D eigenvalue weighted by molar-refractivity contribution is 5.84. The summed E-state index contributed by atoms with van der Waals surface area (Å²) in [7, 11) is 0. The van der Waals surface area contributed by atoms with E-state index < -0.39 is 0 Å². The van der Waals surface area contributed by atoms with Gasteiger partial charge in [0, 0.05) is 5.92 Å². The Hall–Kier alpha value is -2.66. The Morgan fingerprint density at radius 1 is 1.11 bits per heavy atom. The predicted octanol–water partition coefficient (Wildman–Crippen LogP) is 3.16. The molecule has 5 heteroatoms. The molecule has 2 aliphatic rings. The number of nitrogens with zero attached hydrogens (tertiary/aromatic N) is 1. The smallest absolute Gasteiger partial charge is 0.224 e. The number of aromatic nitrogens is 2. The Labute approximate surface area is 158 Å². The van der Waals surface area contributed by atoms with Gasteiger partial charge >= 0.3 is 0 Å². The Balaban J connectivity index is 1.43. The van der Waals surface area contributed by atoms with E-state index in [1.165, 1.54) is 0 Å². The SMILES string of the molecule is O=C(NC(c1ccccc1)c1ccc2nc[nH]c2c1)C1CC12CCNCC2. The van der Waals surface area contributed by atoms with Crippen LogP contribution in [0.5, 0.6) is 0 Å². The molecular weight excluding hydrogens is 336 g/mol. The van der Waals surface area contributed by atoms with Gasteiger partial charge in [0.25, 0.3) is 0 Å². The lowest BCUT2D eigenvalue weighted by molar-refractivity contribution is -0.123.